The van der Waals surface area contributed by atoms with E-state index in [0.29, 0.717) is 26.2 Å². The van der Waals surface area contributed by atoms with Crippen molar-refractivity contribution in [1.29, 1.82) is 0 Å². The number of aromatic nitrogens is 1. The minimum absolute atomic E-state index is 0.298. The molecular formula is C16H18FN3O2S. The molecule has 3 N–H and O–H groups in total. The Labute approximate surface area is 137 Å². The van der Waals surface area contributed by atoms with Crippen LogP contribution >= 0.6 is 11.3 Å². The Balaban J connectivity index is 1.62. The monoisotopic (exact) mass is 335 g/mol. The highest BCUT2D eigenvalue weighted by molar-refractivity contribution is 7.11. The Bertz CT molecular complexity index is 664. The number of primary amides is 1. The molecule has 2 heterocycles. The third-order valence-corrected chi connectivity index (χ3v) is 4.81. The molecule has 0 bridgehead atoms. The number of fused-ring (bicyclic) bond motifs is 1. The van der Waals surface area contributed by atoms with Crippen LogP contribution < -0.4 is 11.1 Å². The van der Waals surface area contributed by atoms with E-state index in [2.05, 4.69) is 10.3 Å². The van der Waals surface area contributed by atoms with Gasteiger partial charge in [0.2, 0.25) is 5.91 Å². The van der Waals surface area contributed by atoms with Gasteiger partial charge >= 0.3 is 0 Å². The van der Waals surface area contributed by atoms with Gasteiger partial charge in [-0.05, 0) is 24.1 Å². The second-order valence-corrected chi connectivity index (χ2v) is 6.61. The van der Waals surface area contributed by atoms with E-state index < -0.39 is 11.9 Å². The molecule has 0 aliphatic carbocycles. The summed E-state index contributed by atoms with van der Waals surface area (Å²) < 4.78 is 18.3. The Morgan fingerprint density at radius 3 is 2.91 bits per heavy atom. The lowest BCUT2D eigenvalue weighted by molar-refractivity contribution is -0.120. The van der Waals surface area contributed by atoms with Crippen LogP contribution in [-0.2, 0) is 35.5 Å². The van der Waals surface area contributed by atoms with Crippen LogP contribution in [0.5, 0.6) is 0 Å². The van der Waals surface area contributed by atoms with E-state index in [1.54, 1.807) is 23.5 Å². The average molecular weight is 335 g/mol. The van der Waals surface area contributed by atoms with Crippen LogP contribution in [0.1, 0.15) is 21.1 Å². The summed E-state index contributed by atoms with van der Waals surface area (Å²) in [7, 11) is 0. The van der Waals surface area contributed by atoms with Crippen molar-refractivity contribution in [1.82, 2.24) is 10.3 Å². The quantitative estimate of drug-likeness (QED) is 0.839. The normalized spacial score (nSPS) is 15.2. The molecular weight excluding hydrogens is 317 g/mol. The summed E-state index contributed by atoms with van der Waals surface area (Å²) in [5, 5.41) is 4.07. The van der Waals surface area contributed by atoms with Gasteiger partial charge in [-0.1, -0.05) is 12.1 Å². The topological polar surface area (TPSA) is 77.2 Å². The van der Waals surface area contributed by atoms with Gasteiger partial charge in [0.25, 0.3) is 0 Å². The number of halogens is 1. The second kappa shape index (κ2) is 7.16. The Kier molecular flexibility index (Phi) is 5.00. The zero-order valence-corrected chi connectivity index (χ0v) is 13.4. The molecule has 0 saturated carbocycles. The molecule has 5 nitrogen and oxygen atoms in total. The number of nitrogens with two attached hydrogens (primary N) is 1. The molecule has 1 unspecified atom stereocenters. The van der Waals surface area contributed by atoms with E-state index in [4.69, 9.17) is 10.5 Å². The fourth-order valence-electron chi connectivity index (χ4n) is 2.49. The minimum Gasteiger partial charge on any atom is -0.375 e. The highest BCUT2D eigenvalue weighted by atomic mass is 32.1. The molecule has 122 valence electrons. The molecule has 23 heavy (non-hydrogen) atoms. The van der Waals surface area contributed by atoms with Gasteiger partial charge in [-0.25, -0.2) is 9.37 Å². The number of thiazole rings is 1. The van der Waals surface area contributed by atoms with Gasteiger partial charge in [0, 0.05) is 13.0 Å². The van der Waals surface area contributed by atoms with E-state index in [1.165, 1.54) is 12.1 Å². The SMILES string of the molecule is NC(=O)C(Cc1ccc(F)cc1)NCc1nc2c(s1)COCC2. The molecule has 3 rings (SSSR count). The molecule has 0 radical (unpaired) electrons. The lowest BCUT2D eigenvalue weighted by atomic mass is 10.1. The predicted molar refractivity (Wildman–Crippen MR) is 85.4 cm³/mol. The van der Waals surface area contributed by atoms with Crippen LogP contribution in [-0.4, -0.2) is 23.5 Å². The summed E-state index contributed by atoms with van der Waals surface area (Å²) in [4.78, 5) is 17.4. The van der Waals surface area contributed by atoms with E-state index in [0.717, 1.165) is 27.6 Å². The fourth-order valence-corrected chi connectivity index (χ4v) is 3.50. The molecule has 1 amide bonds. The summed E-state index contributed by atoms with van der Waals surface area (Å²) >= 11 is 1.60. The number of nitrogens with zero attached hydrogens (tertiary/aromatic N) is 1. The fraction of sp³-hybridized carbons (Fsp3) is 0.375. The molecule has 1 aromatic carbocycles. The molecule has 1 atom stereocenters. The molecule has 1 aromatic heterocycles. The van der Waals surface area contributed by atoms with Crippen molar-refractivity contribution in [2.75, 3.05) is 6.61 Å². The number of rotatable bonds is 6. The Morgan fingerprint density at radius 2 is 2.22 bits per heavy atom. The summed E-state index contributed by atoms with van der Waals surface area (Å²) in [5.41, 5.74) is 7.41. The van der Waals surface area contributed by atoms with Crippen molar-refractivity contribution in [2.45, 2.75) is 32.0 Å². The third kappa shape index (κ3) is 4.13. The number of benzene rings is 1. The van der Waals surface area contributed by atoms with E-state index >= 15 is 0 Å². The van der Waals surface area contributed by atoms with Crippen molar-refractivity contribution < 1.29 is 13.9 Å². The van der Waals surface area contributed by atoms with Crippen LogP contribution in [0, 0.1) is 5.82 Å². The van der Waals surface area contributed by atoms with Gasteiger partial charge in [-0.2, -0.15) is 0 Å². The lowest BCUT2D eigenvalue weighted by Gasteiger charge is -2.14. The van der Waals surface area contributed by atoms with Gasteiger partial charge in [0.05, 0.1) is 29.8 Å². The highest BCUT2D eigenvalue weighted by Gasteiger charge is 2.19. The van der Waals surface area contributed by atoms with Crippen molar-refractivity contribution in [3.8, 4) is 0 Å². The summed E-state index contributed by atoms with van der Waals surface area (Å²) in [6, 6.07) is 5.56. The smallest absolute Gasteiger partial charge is 0.234 e. The van der Waals surface area contributed by atoms with Gasteiger partial charge in [0.1, 0.15) is 10.8 Å². The van der Waals surface area contributed by atoms with Crippen molar-refractivity contribution in [3.63, 3.8) is 0 Å². The first-order valence-corrected chi connectivity index (χ1v) is 8.26. The second-order valence-electron chi connectivity index (χ2n) is 5.45. The highest BCUT2D eigenvalue weighted by Crippen LogP contribution is 2.23. The summed E-state index contributed by atoms with van der Waals surface area (Å²) in [6.45, 7) is 1.80. The van der Waals surface area contributed by atoms with E-state index in [-0.39, 0.29) is 5.82 Å². The molecule has 2 aromatic rings. The van der Waals surface area contributed by atoms with Crippen molar-refractivity contribution in [2.24, 2.45) is 5.73 Å². The van der Waals surface area contributed by atoms with Crippen LogP contribution in [0.4, 0.5) is 4.39 Å². The number of carbonyl (C=O) groups is 1. The molecule has 7 heteroatoms. The number of hydrogen-bond donors (Lipinski definition) is 2. The first-order valence-electron chi connectivity index (χ1n) is 7.44. The van der Waals surface area contributed by atoms with Gasteiger partial charge in [0.15, 0.2) is 0 Å². The number of amides is 1. The first kappa shape index (κ1) is 16.0. The van der Waals surface area contributed by atoms with Gasteiger partial charge < -0.3 is 10.5 Å². The van der Waals surface area contributed by atoms with Crippen LogP contribution in [0.3, 0.4) is 0 Å². The first-order chi connectivity index (χ1) is 11.1. The van der Waals surface area contributed by atoms with Crippen LogP contribution in [0.25, 0.3) is 0 Å². The van der Waals surface area contributed by atoms with Gasteiger partial charge in [-0.15, -0.1) is 11.3 Å². The number of hydrogen-bond acceptors (Lipinski definition) is 5. The molecule has 1 aliphatic rings. The van der Waals surface area contributed by atoms with Crippen molar-refractivity contribution >= 4 is 17.2 Å². The Morgan fingerprint density at radius 1 is 1.43 bits per heavy atom. The zero-order chi connectivity index (χ0) is 16.2. The summed E-state index contributed by atoms with van der Waals surface area (Å²) in [5.74, 6) is -0.730. The number of nitrogens with one attached hydrogen (secondary N) is 1. The summed E-state index contributed by atoms with van der Waals surface area (Å²) in [6.07, 6.45) is 1.25. The minimum atomic E-state index is -0.516. The van der Waals surface area contributed by atoms with Crippen molar-refractivity contribution in [3.05, 3.63) is 51.2 Å². The molecule has 0 spiro atoms. The van der Waals surface area contributed by atoms with E-state index in [9.17, 15) is 9.18 Å². The average Bonchev–Trinajstić information content (AvgIpc) is 2.95. The maximum Gasteiger partial charge on any atom is 0.234 e. The predicted octanol–water partition coefficient (Wildman–Crippen LogP) is 1.54. The van der Waals surface area contributed by atoms with Gasteiger partial charge in [-0.3, -0.25) is 10.1 Å². The lowest BCUT2D eigenvalue weighted by Crippen LogP contribution is -2.42. The maximum absolute atomic E-state index is 12.9. The Hall–Kier alpha value is -1.83. The maximum atomic E-state index is 12.9. The molecule has 0 fully saturated rings. The zero-order valence-electron chi connectivity index (χ0n) is 12.5. The third-order valence-electron chi connectivity index (χ3n) is 3.74. The number of ether oxygens (including phenoxy) is 1. The largest absolute Gasteiger partial charge is 0.375 e. The molecule has 1 aliphatic heterocycles. The standard InChI is InChI=1S/C16H18FN3O2S/c17-11-3-1-10(2-4-11)7-13(16(18)21)19-8-15-20-12-5-6-22-9-14(12)23-15/h1-4,13,19H,5-9H2,(H2,18,21). The van der Waals surface area contributed by atoms with E-state index in [1.807, 2.05) is 0 Å². The van der Waals surface area contributed by atoms with Crippen LogP contribution in [0.2, 0.25) is 0 Å². The molecule has 0 saturated heterocycles. The number of carbonyl (C=O) groups excluding carboxylic acids is 1. The van der Waals surface area contributed by atoms with Crippen LogP contribution in [0.15, 0.2) is 24.3 Å².